The minimum absolute atomic E-state index is 0.0777. The molecule has 0 unspecified atom stereocenters. The lowest BCUT2D eigenvalue weighted by molar-refractivity contribution is 0.137. The molecule has 0 aliphatic carbocycles. The van der Waals surface area contributed by atoms with Crippen LogP contribution in [0.5, 0.6) is 0 Å². The average Bonchev–Trinajstić information content (AvgIpc) is 2.58. The van der Waals surface area contributed by atoms with Gasteiger partial charge in [0.1, 0.15) is 5.69 Å². The molecule has 0 spiro atoms. The summed E-state index contributed by atoms with van der Waals surface area (Å²) >= 11 is 0. The molecular weight excluding hydrogens is 214 g/mol. The van der Waals surface area contributed by atoms with Gasteiger partial charge in [-0.15, -0.1) is 5.10 Å². The Morgan fingerprint density at radius 1 is 1.38 bits per heavy atom. The van der Waals surface area contributed by atoms with Gasteiger partial charge in [0.25, 0.3) is 6.43 Å². The Labute approximate surface area is 93.8 Å². The molecule has 0 aromatic carbocycles. The van der Waals surface area contributed by atoms with Crippen LogP contribution in [0.25, 0.3) is 0 Å². The Balaban J connectivity index is 2.82. The minimum atomic E-state index is -2.54. The molecule has 1 aromatic heterocycles. The summed E-state index contributed by atoms with van der Waals surface area (Å²) in [6.45, 7) is 4.87. The zero-order valence-electron chi connectivity index (χ0n) is 9.66. The molecule has 2 N–H and O–H groups in total. The Kier molecular flexibility index (Phi) is 4.79. The van der Waals surface area contributed by atoms with Gasteiger partial charge in [0, 0.05) is 13.0 Å². The second-order valence-corrected chi connectivity index (χ2v) is 4.17. The number of hydrogen-bond donors (Lipinski definition) is 1. The van der Waals surface area contributed by atoms with Crippen LogP contribution in [0.1, 0.15) is 38.1 Å². The van der Waals surface area contributed by atoms with Gasteiger partial charge >= 0.3 is 0 Å². The molecule has 16 heavy (non-hydrogen) atoms. The van der Waals surface area contributed by atoms with Crippen molar-refractivity contribution in [1.82, 2.24) is 15.0 Å². The van der Waals surface area contributed by atoms with Crippen molar-refractivity contribution in [2.75, 3.05) is 6.54 Å². The topological polar surface area (TPSA) is 56.7 Å². The highest BCUT2D eigenvalue weighted by Crippen LogP contribution is 2.22. The molecule has 1 aromatic rings. The van der Waals surface area contributed by atoms with E-state index in [2.05, 4.69) is 10.3 Å². The summed E-state index contributed by atoms with van der Waals surface area (Å²) in [6, 6.07) is 0. The first-order valence-corrected chi connectivity index (χ1v) is 5.46. The molecule has 0 aliphatic rings. The van der Waals surface area contributed by atoms with Crippen LogP contribution in [0.2, 0.25) is 0 Å². The lowest BCUT2D eigenvalue weighted by Gasteiger charge is -2.08. The van der Waals surface area contributed by atoms with Crippen LogP contribution >= 0.6 is 0 Å². The normalized spacial score (nSPS) is 11.7. The smallest absolute Gasteiger partial charge is 0.281 e. The van der Waals surface area contributed by atoms with Crippen LogP contribution in [-0.4, -0.2) is 21.5 Å². The Morgan fingerprint density at radius 2 is 2.06 bits per heavy atom. The van der Waals surface area contributed by atoms with Gasteiger partial charge < -0.3 is 5.73 Å². The van der Waals surface area contributed by atoms with E-state index in [4.69, 9.17) is 5.73 Å². The van der Waals surface area contributed by atoms with Crippen molar-refractivity contribution in [3.05, 3.63) is 11.4 Å². The van der Waals surface area contributed by atoms with Crippen LogP contribution < -0.4 is 5.73 Å². The lowest BCUT2D eigenvalue weighted by atomic mass is 10.1. The molecule has 92 valence electrons. The average molecular weight is 232 g/mol. The summed E-state index contributed by atoms with van der Waals surface area (Å²) in [5, 5.41) is 7.52. The fraction of sp³-hybridized carbons (Fsp3) is 0.800. The number of alkyl halides is 2. The second kappa shape index (κ2) is 5.89. The van der Waals surface area contributed by atoms with E-state index in [0.29, 0.717) is 31.1 Å². The van der Waals surface area contributed by atoms with E-state index in [1.807, 2.05) is 13.8 Å². The Bertz CT molecular complexity index is 323. The fourth-order valence-electron chi connectivity index (χ4n) is 1.46. The van der Waals surface area contributed by atoms with Crippen molar-refractivity contribution in [1.29, 1.82) is 0 Å². The molecule has 4 nitrogen and oxygen atoms in total. The Hall–Kier alpha value is -1.04. The quantitative estimate of drug-likeness (QED) is 0.813. The SMILES string of the molecule is CC(C)CCn1nnc(CCN)c1C(F)F. The first-order chi connectivity index (χ1) is 7.56. The number of nitrogens with two attached hydrogens (primary N) is 1. The van der Waals surface area contributed by atoms with E-state index in [9.17, 15) is 8.78 Å². The summed E-state index contributed by atoms with van der Waals surface area (Å²) in [4.78, 5) is 0. The van der Waals surface area contributed by atoms with Gasteiger partial charge in [0.2, 0.25) is 0 Å². The first kappa shape index (κ1) is 13.0. The van der Waals surface area contributed by atoms with E-state index < -0.39 is 6.43 Å². The Morgan fingerprint density at radius 3 is 2.56 bits per heavy atom. The standard InChI is InChI=1S/C10H18F2N4/c1-7(2)4-6-16-9(10(11)12)8(3-5-13)14-15-16/h7,10H,3-6,13H2,1-2H3. The number of aromatic nitrogens is 3. The summed E-state index contributed by atoms with van der Waals surface area (Å²) < 4.78 is 27.0. The van der Waals surface area contributed by atoms with E-state index in [0.717, 1.165) is 6.42 Å². The highest BCUT2D eigenvalue weighted by molar-refractivity contribution is 5.12. The van der Waals surface area contributed by atoms with Crippen molar-refractivity contribution < 1.29 is 8.78 Å². The zero-order valence-corrected chi connectivity index (χ0v) is 9.66. The predicted molar refractivity (Wildman–Crippen MR) is 57.2 cm³/mol. The molecule has 0 fully saturated rings. The number of halogens is 2. The zero-order chi connectivity index (χ0) is 12.1. The number of aryl methyl sites for hydroxylation is 1. The molecule has 0 atom stereocenters. The van der Waals surface area contributed by atoms with Crippen molar-refractivity contribution in [2.45, 2.75) is 39.7 Å². The highest BCUT2D eigenvalue weighted by Gasteiger charge is 2.20. The van der Waals surface area contributed by atoms with Gasteiger partial charge in [-0.3, -0.25) is 0 Å². The summed E-state index contributed by atoms with van der Waals surface area (Å²) in [5.41, 5.74) is 5.58. The monoisotopic (exact) mass is 232 g/mol. The van der Waals surface area contributed by atoms with Gasteiger partial charge in [-0.25, -0.2) is 13.5 Å². The maximum absolute atomic E-state index is 12.8. The van der Waals surface area contributed by atoms with E-state index in [1.165, 1.54) is 4.68 Å². The van der Waals surface area contributed by atoms with E-state index in [1.54, 1.807) is 0 Å². The van der Waals surface area contributed by atoms with E-state index in [-0.39, 0.29) is 5.69 Å². The van der Waals surface area contributed by atoms with Crippen LogP contribution in [0.15, 0.2) is 0 Å². The second-order valence-electron chi connectivity index (χ2n) is 4.17. The summed E-state index contributed by atoms with van der Waals surface area (Å²) in [5.74, 6) is 0.452. The molecule has 0 radical (unpaired) electrons. The molecule has 6 heteroatoms. The third-order valence-corrected chi connectivity index (χ3v) is 2.35. The molecular formula is C10H18F2N4. The van der Waals surface area contributed by atoms with Crippen molar-refractivity contribution in [3.8, 4) is 0 Å². The van der Waals surface area contributed by atoms with Crippen LogP contribution in [0.4, 0.5) is 8.78 Å². The maximum Gasteiger partial charge on any atom is 0.281 e. The summed E-state index contributed by atoms with van der Waals surface area (Å²) in [7, 11) is 0. The number of rotatable bonds is 6. The maximum atomic E-state index is 12.8. The van der Waals surface area contributed by atoms with Crippen LogP contribution in [0.3, 0.4) is 0 Å². The summed E-state index contributed by atoms with van der Waals surface area (Å²) in [6.07, 6.45) is -1.38. The molecule has 0 saturated carbocycles. The van der Waals surface area contributed by atoms with Gasteiger partial charge in [-0.1, -0.05) is 19.1 Å². The van der Waals surface area contributed by atoms with Crippen LogP contribution in [0, 0.1) is 5.92 Å². The molecule has 0 saturated heterocycles. The number of nitrogens with zero attached hydrogens (tertiary/aromatic N) is 3. The van der Waals surface area contributed by atoms with Crippen molar-refractivity contribution in [2.24, 2.45) is 11.7 Å². The minimum Gasteiger partial charge on any atom is -0.330 e. The largest absolute Gasteiger partial charge is 0.330 e. The third-order valence-electron chi connectivity index (χ3n) is 2.35. The first-order valence-electron chi connectivity index (χ1n) is 5.46. The number of hydrogen-bond acceptors (Lipinski definition) is 3. The van der Waals surface area contributed by atoms with Crippen molar-refractivity contribution >= 4 is 0 Å². The van der Waals surface area contributed by atoms with Gasteiger partial charge in [-0.05, 0) is 18.9 Å². The fourth-order valence-corrected chi connectivity index (χ4v) is 1.46. The molecule has 0 bridgehead atoms. The predicted octanol–water partition coefficient (Wildman–Crippen LogP) is 1.76. The third kappa shape index (κ3) is 3.23. The van der Waals surface area contributed by atoms with Crippen LogP contribution in [-0.2, 0) is 13.0 Å². The molecule has 0 amide bonds. The molecule has 0 aliphatic heterocycles. The lowest BCUT2D eigenvalue weighted by Crippen LogP contribution is -2.10. The molecule has 1 heterocycles. The van der Waals surface area contributed by atoms with Gasteiger partial charge in [-0.2, -0.15) is 0 Å². The van der Waals surface area contributed by atoms with Gasteiger partial charge in [0.05, 0.1) is 5.69 Å². The molecule has 1 rings (SSSR count). The highest BCUT2D eigenvalue weighted by atomic mass is 19.3. The van der Waals surface area contributed by atoms with E-state index >= 15 is 0 Å². The van der Waals surface area contributed by atoms with Crippen molar-refractivity contribution in [3.63, 3.8) is 0 Å². The van der Waals surface area contributed by atoms with Gasteiger partial charge in [0.15, 0.2) is 0 Å².